The van der Waals surface area contributed by atoms with E-state index in [1.165, 1.54) is 24.3 Å². The zero-order valence-electron chi connectivity index (χ0n) is 12.0. The molecule has 0 amide bonds. The maximum atomic E-state index is 12.6. The van der Waals surface area contributed by atoms with Crippen molar-refractivity contribution in [3.63, 3.8) is 0 Å². The molecule has 11 heteroatoms. The van der Waals surface area contributed by atoms with Crippen LogP contribution in [-0.2, 0) is 37.0 Å². The number of benzene rings is 2. The van der Waals surface area contributed by atoms with Gasteiger partial charge in [0.1, 0.15) is 9.79 Å². The Labute approximate surface area is 152 Å². The van der Waals surface area contributed by atoms with Gasteiger partial charge in [0.2, 0.25) is 0 Å². The number of fused-ring (bicyclic) bond motifs is 2. The van der Waals surface area contributed by atoms with E-state index >= 15 is 0 Å². The molecular formula is C14H8CoO8S2. The minimum Gasteiger partial charge on any atom is -0.289 e. The van der Waals surface area contributed by atoms with Crippen molar-refractivity contribution < 1.29 is 52.3 Å². The summed E-state index contributed by atoms with van der Waals surface area (Å²) in [6.45, 7) is 0. The molecule has 0 saturated carbocycles. The van der Waals surface area contributed by atoms with E-state index in [4.69, 9.17) is 0 Å². The second kappa shape index (κ2) is 6.12. The van der Waals surface area contributed by atoms with Crippen LogP contribution >= 0.6 is 0 Å². The molecule has 0 unspecified atom stereocenters. The summed E-state index contributed by atoms with van der Waals surface area (Å²) in [6, 6.07) is 7.15. The van der Waals surface area contributed by atoms with Crippen LogP contribution in [0.25, 0.3) is 0 Å². The van der Waals surface area contributed by atoms with Crippen LogP contribution in [0.5, 0.6) is 0 Å². The van der Waals surface area contributed by atoms with Gasteiger partial charge < -0.3 is 0 Å². The zero-order valence-corrected chi connectivity index (χ0v) is 14.6. The molecule has 0 aliphatic heterocycles. The molecule has 0 heterocycles. The monoisotopic (exact) mass is 427 g/mol. The van der Waals surface area contributed by atoms with Gasteiger partial charge in [-0.15, -0.1) is 0 Å². The Morgan fingerprint density at radius 2 is 1.20 bits per heavy atom. The van der Waals surface area contributed by atoms with Gasteiger partial charge in [0.15, 0.2) is 11.6 Å². The minimum atomic E-state index is -5.23. The van der Waals surface area contributed by atoms with Gasteiger partial charge in [-0.3, -0.25) is 18.7 Å². The van der Waals surface area contributed by atoms with Crippen LogP contribution in [0.1, 0.15) is 31.8 Å². The number of rotatable bonds is 2. The van der Waals surface area contributed by atoms with Gasteiger partial charge in [-0.25, -0.2) is 0 Å². The summed E-state index contributed by atoms with van der Waals surface area (Å²) in [5.41, 5.74) is -1.27. The van der Waals surface area contributed by atoms with Crippen LogP contribution < -0.4 is 0 Å². The van der Waals surface area contributed by atoms with E-state index in [1.54, 1.807) is 0 Å². The van der Waals surface area contributed by atoms with Crippen molar-refractivity contribution in [2.24, 2.45) is 0 Å². The molecule has 25 heavy (non-hydrogen) atoms. The van der Waals surface area contributed by atoms with E-state index in [9.17, 15) is 35.5 Å². The second-order valence-electron chi connectivity index (χ2n) is 4.97. The van der Waals surface area contributed by atoms with Crippen molar-refractivity contribution >= 4 is 31.8 Å². The summed E-state index contributed by atoms with van der Waals surface area (Å²) in [7, 11) is -10.3. The first-order valence-electron chi connectivity index (χ1n) is 6.34. The normalized spacial score (nSPS) is 13.7. The third kappa shape index (κ3) is 3.05. The van der Waals surface area contributed by atoms with E-state index in [2.05, 4.69) is 0 Å². The number of hydrogen-bond donors (Lipinski definition) is 2. The van der Waals surface area contributed by atoms with Crippen molar-refractivity contribution in [3.8, 4) is 0 Å². The van der Waals surface area contributed by atoms with E-state index in [-0.39, 0.29) is 33.5 Å². The summed E-state index contributed by atoms with van der Waals surface area (Å²) in [5.74, 6) is -1.65. The molecule has 3 rings (SSSR count). The standard InChI is InChI=1S/C14H8O8S2.Co/c15-12-7-3-1-2-4-8(7)13(16)11-9(12)5-6-10(23(17,18)19)14(11)24(20,21)22;/h1-6H,(H,17,18,19)(H,20,21,22);. The van der Waals surface area contributed by atoms with Crippen molar-refractivity contribution in [2.45, 2.75) is 9.79 Å². The Balaban J connectivity index is 0.00000225. The van der Waals surface area contributed by atoms with Gasteiger partial charge in [0.05, 0.1) is 5.56 Å². The van der Waals surface area contributed by atoms with E-state index < -0.39 is 47.2 Å². The van der Waals surface area contributed by atoms with Crippen LogP contribution in [0.3, 0.4) is 0 Å². The topological polar surface area (TPSA) is 143 Å². The first-order valence-corrected chi connectivity index (χ1v) is 9.22. The molecule has 1 aliphatic rings. The van der Waals surface area contributed by atoms with Gasteiger partial charge >= 0.3 is 0 Å². The maximum Gasteiger partial charge on any atom is 0.296 e. The molecule has 8 nitrogen and oxygen atoms in total. The van der Waals surface area contributed by atoms with Crippen LogP contribution in [0.4, 0.5) is 0 Å². The van der Waals surface area contributed by atoms with Crippen LogP contribution in [0.15, 0.2) is 46.2 Å². The molecule has 0 atom stereocenters. The van der Waals surface area contributed by atoms with Crippen LogP contribution in [-0.4, -0.2) is 37.5 Å². The first-order chi connectivity index (χ1) is 11.0. The Bertz CT molecular complexity index is 1130. The molecule has 133 valence electrons. The quantitative estimate of drug-likeness (QED) is 0.576. The number of ketones is 2. The fraction of sp³-hybridized carbons (Fsp3) is 0. The second-order valence-corrected chi connectivity index (χ2v) is 7.72. The van der Waals surface area contributed by atoms with Crippen molar-refractivity contribution in [1.82, 2.24) is 0 Å². The van der Waals surface area contributed by atoms with Crippen molar-refractivity contribution in [3.05, 3.63) is 58.7 Å². The number of carbonyl (C=O) groups excluding carboxylic acids is 2. The third-order valence-corrected chi connectivity index (χ3v) is 5.51. The predicted octanol–water partition coefficient (Wildman–Crippen LogP) is 0.953. The average molecular weight is 427 g/mol. The minimum absolute atomic E-state index is 0. The number of carbonyl (C=O) groups is 2. The predicted molar refractivity (Wildman–Crippen MR) is 79.4 cm³/mol. The molecule has 0 spiro atoms. The molecule has 0 bridgehead atoms. The van der Waals surface area contributed by atoms with Gasteiger partial charge in [-0.1, -0.05) is 24.3 Å². The molecule has 2 N–H and O–H groups in total. The average Bonchev–Trinajstić information content (AvgIpc) is 2.49. The zero-order chi connectivity index (χ0) is 17.9. The summed E-state index contributed by atoms with van der Waals surface area (Å²) in [5, 5.41) is 0. The molecule has 1 radical (unpaired) electrons. The molecule has 0 aromatic heterocycles. The Morgan fingerprint density at radius 3 is 1.68 bits per heavy atom. The van der Waals surface area contributed by atoms with Crippen molar-refractivity contribution in [1.29, 1.82) is 0 Å². The molecule has 0 fully saturated rings. The molecule has 0 saturated heterocycles. The van der Waals surface area contributed by atoms with Gasteiger partial charge in [-0.2, -0.15) is 16.8 Å². The van der Waals surface area contributed by atoms with E-state index in [0.29, 0.717) is 6.07 Å². The molecular weight excluding hydrogens is 419 g/mol. The third-order valence-electron chi connectivity index (χ3n) is 3.55. The molecule has 2 aromatic rings. The van der Waals surface area contributed by atoms with Crippen LogP contribution in [0, 0.1) is 0 Å². The summed E-state index contributed by atoms with van der Waals surface area (Å²) >= 11 is 0. The van der Waals surface area contributed by atoms with Gasteiger partial charge in [0, 0.05) is 33.5 Å². The summed E-state index contributed by atoms with van der Waals surface area (Å²) in [6.07, 6.45) is 0. The SMILES string of the molecule is O=C1c2ccccc2C(=O)c2c1ccc(S(=O)(=O)O)c2S(=O)(=O)O.[Co]. The Hall–Kier alpha value is -1.89. The van der Waals surface area contributed by atoms with Crippen molar-refractivity contribution in [2.75, 3.05) is 0 Å². The fourth-order valence-corrected chi connectivity index (χ4v) is 4.59. The fourth-order valence-electron chi connectivity index (χ4n) is 2.60. The first kappa shape index (κ1) is 19.4. The molecule has 2 aromatic carbocycles. The summed E-state index contributed by atoms with van der Waals surface area (Å²) in [4.78, 5) is 22.6. The molecule has 1 aliphatic carbocycles. The van der Waals surface area contributed by atoms with Crippen LogP contribution in [0.2, 0.25) is 0 Å². The Kier molecular flexibility index (Phi) is 4.76. The van der Waals surface area contributed by atoms with E-state index in [1.807, 2.05) is 0 Å². The Morgan fingerprint density at radius 1 is 0.680 bits per heavy atom. The maximum absolute atomic E-state index is 12.6. The smallest absolute Gasteiger partial charge is 0.289 e. The van der Waals surface area contributed by atoms with Gasteiger partial charge in [0.25, 0.3) is 20.2 Å². The summed E-state index contributed by atoms with van der Waals surface area (Å²) < 4.78 is 64.7. The van der Waals surface area contributed by atoms with E-state index in [0.717, 1.165) is 6.07 Å². The number of hydrogen-bond acceptors (Lipinski definition) is 6. The largest absolute Gasteiger partial charge is 0.296 e. The van der Waals surface area contributed by atoms with Gasteiger partial charge in [-0.05, 0) is 12.1 Å².